The van der Waals surface area contributed by atoms with Gasteiger partial charge in [-0.3, -0.25) is 0 Å². The van der Waals surface area contributed by atoms with Gasteiger partial charge in [0.05, 0.1) is 6.10 Å². The summed E-state index contributed by atoms with van der Waals surface area (Å²) in [4.78, 5) is 0. The molecule has 0 aliphatic rings. The number of hydrogen-bond donors (Lipinski definition) is 1. The van der Waals surface area contributed by atoms with E-state index in [-0.39, 0.29) is 0 Å². The second-order valence-electron chi connectivity index (χ2n) is 5.77. The Hall–Kier alpha value is -2.09. The molecule has 116 valence electrons. The molecule has 3 aromatic carbocycles. The number of rotatable bonds is 4. The van der Waals surface area contributed by atoms with Crippen molar-refractivity contribution in [2.24, 2.45) is 0 Å². The molecule has 0 bridgehead atoms. The molecular weight excluding hydrogens is 304 g/mol. The Labute approximate surface area is 142 Å². The molecule has 0 radical (unpaired) electrons. The molecule has 0 aromatic heterocycles. The summed E-state index contributed by atoms with van der Waals surface area (Å²) >= 11 is 6.42. The first-order valence-electron chi connectivity index (χ1n) is 7.76. The third kappa shape index (κ3) is 3.64. The highest BCUT2D eigenvalue weighted by molar-refractivity contribution is 6.33. The van der Waals surface area contributed by atoms with Crippen molar-refractivity contribution in [1.29, 1.82) is 0 Å². The quantitative estimate of drug-likeness (QED) is 0.663. The van der Waals surface area contributed by atoms with Crippen LogP contribution in [-0.4, -0.2) is 11.2 Å². The van der Waals surface area contributed by atoms with Crippen LogP contribution in [0.3, 0.4) is 0 Å². The van der Waals surface area contributed by atoms with Crippen LogP contribution in [0.15, 0.2) is 72.8 Å². The Kier molecular flexibility index (Phi) is 4.80. The summed E-state index contributed by atoms with van der Waals surface area (Å²) in [5.41, 5.74) is 5.53. The molecule has 2 heteroatoms. The Bertz CT molecular complexity index is 777. The third-order valence-corrected chi connectivity index (χ3v) is 4.21. The van der Waals surface area contributed by atoms with Gasteiger partial charge in [0.1, 0.15) is 0 Å². The molecular formula is C21H19ClO. The van der Waals surface area contributed by atoms with E-state index in [0.717, 1.165) is 21.7 Å². The van der Waals surface area contributed by atoms with E-state index in [0.29, 0.717) is 6.42 Å². The van der Waals surface area contributed by atoms with Crippen LogP contribution in [0.5, 0.6) is 0 Å². The smallest absolute Gasteiger partial charge is 0.0552 e. The van der Waals surface area contributed by atoms with Crippen LogP contribution in [0.25, 0.3) is 22.3 Å². The third-order valence-electron chi connectivity index (χ3n) is 3.90. The first-order valence-corrected chi connectivity index (χ1v) is 8.14. The predicted octanol–water partition coefficient (Wildman–Crippen LogP) is 5.60. The van der Waals surface area contributed by atoms with Gasteiger partial charge in [0, 0.05) is 10.6 Å². The number of aliphatic hydroxyl groups is 1. The van der Waals surface area contributed by atoms with E-state index in [2.05, 4.69) is 36.4 Å². The lowest BCUT2D eigenvalue weighted by Gasteiger charge is -2.14. The van der Waals surface area contributed by atoms with Crippen LogP contribution in [-0.2, 0) is 6.42 Å². The Morgan fingerprint density at radius 2 is 1.39 bits per heavy atom. The van der Waals surface area contributed by atoms with Crippen molar-refractivity contribution in [2.75, 3.05) is 0 Å². The second-order valence-corrected chi connectivity index (χ2v) is 6.18. The van der Waals surface area contributed by atoms with Crippen LogP contribution in [0.2, 0.25) is 5.02 Å². The van der Waals surface area contributed by atoms with Crippen molar-refractivity contribution in [3.63, 3.8) is 0 Å². The van der Waals surface area contributed by atoms with Crippen LogP contribution >= 0.6 is 11.6 Å². The average molecular weight is 323 g/mol. The molecule has 1 atom stereocenters. The minimum absolute atomic E-state index is 0.393. The molecule has 1 N–H and O–H groups in total. The highest BCUT2D eigenvalue weighted by Gasteiger charge is 2.11. The summed E-state index contributed by atoms with van der Waals surface area (Å²) in [5, 5.41) is 10.4. The van der Waals surface area contributed by atoms with Crippen LogP contribution in [0.4, 0.5) is 0 Å². The lowest BCUT2D eigenvalue weighted by Crippen LogP contribution is -2.05. The summed E-state index contributed by atoms with van der Waals surface area (Å²) in [5.74, 6) is 0. The minimum Gasteiger partial charge on any atom is -0.393 e. The highest BCUT2D eigenvalue weighted by atomic mass is 35.5. The molecule has 0 fully saturated rings. The fourth-order valence-electron chi connectivity index (χ4n) is 2.84. The fourth-order valence-corrected chi connectivity index (χ4v) is 3.14. The van der Waals surface area contributed by atoms with Gasteiger partial charge in [-0.2, -0.15) is 0 Å². The first kappa shape index (κ1) is 15.8. The van der Waals surface area contributed by atoms with E-state index in [1.807, 2.05) is 36.4 Å². The molecule has 0 saturated carbocycles. The summed E-state index contributed by atoms with van der Waals surface area (Å²) < 4.78 is 0. The highest BCUT2D eigenvalue weighted by Crippen LogP contribution is 2.33. The van der Waals surface area contributed by atoms with Crippen LogP contribution < -0.4 is 0 Å². The number of benzene rings is 3. The molecule has 23 heavy (non-hydrogen) atoms. The maximum absolute atomic E-state index is 9.72. The van der Waals surface area contributed by atoms with Crippen molar-refractivity contribution in [2.45, 2.75) is 19.4 Å². The van der Waals surface area contributed by atoms with Crippen molar-refractivity contribution >= 4 is 11.6 Å². The van der Waals surface area contributed by atoms with Gasteiger partial charge in [0.2, 0.25) is 0 Å². The second kappa shape index (κ2) is 6.99. The van der Waals surface area contributed by atoms with E-state index >= 15 is 0 Å². The van der Waals surface area contributed by atoms with E-state index in [4.69, 9.17) is 11.6 Å². The largest absolute Gasteiger partial charge is 0.393 e. The lowest BCUT2D eigenvalue weighted by atomic mass is 9.94. The molecule has 0 heterocycles. The monoisotopic (exact) mass is 322 g/mol. The van der Waals surface area contributed by atoms with Crippen LogP contribution in [0, 0.1) is 0 Å². The summed E-state index contributed by atoms with van der Waals surface area (Å²) in [6.45, 7) is 1.79. The summed E-state index contributed by atoms with van der Waals surface area (Å²) in [6.07, 6.45) is 0.201. The molecule has 0 amide bonds. The summed E-state index contributed by atoms with van der Waals surface area (Å²) in [7, 11) is 0. The predicted molar refractivity (Wildman–Crippen MR) is 97.7 cm³/mol. The van der Waals surface area contributed by atoms with Crippen molar-refractivity contribution < 1.29 is 5.11 Å². The molecule has 1 unspecified atom stereocenters. The van der Waals surface area contributed by atoms with E-state index in [1.54, 1.807) is 6.92 Å². The zero-order valence-electron chi connectivity index (χ0n) is 13.0. The van der Waals surface area contributed by atoms with Gasteiger partial charge in [0.25, 0.3) is 0 Å². The van der Waals surface area contributed by atoms with Gasteiger partial charge in [-0.05, 0) is 41.7 Å². The normalized spacial score (nSPS) is 12.1. The maximum Gasteiger partial charge on any atom is 0.0552 e. The van der Waals surface area contributed by atoms with Crippen molar-refractivity contribution in [3.05, 3.63) is 83.4 Å². The standard InChI is InChI=1S/C21H19ClO/c1-15(23)14-19-8-5-9-20(22)21(19)18-12-10-17(11-13-18)16-6-3-2-4-7-16/h2-13,15,23H,14H2,1H3. The molecule has 3 aromatic rings. The fraction of sp³-hybridized carbons (Fsp3) is 0.143. The molecule has 1 nitrogen and oxygen atoms in total. The molecule has 3 rings (SSSR count). The molecule has 0 aliphatic carbocycles. The zero-order valence-corrected chi connectivity index (χ0v) is 13.8. The van der Waals surface area contributed by atoms with Gasteiger partial charge in [-0.1, -0.05) is 78.3 Å². The van der Waals surface area contributed by atoms with E-state index in [1.165, 1.54) is 11.1 Å². The van der Waals surface area contributed by atoms with Gasteiger partial charge in [0.15, 0.2) is 0 Å². The average Bonchev–Trinajstić information content (AvgIpc) is 2.56. The Balaban J connectivity index is 2.00. The van der Waals surface area contributed by atoms with Gasteiger partial charge in [-0.15, -0.1) is 0 Å². The van der Waals surface area contributed by atoms with E-state index in [9.17, 15) is 5.11 Å². The van der Waals surface area contributed by atoms with Gasteiger partial charge in [-0.25, -0.2) is 0 Å². The van der Waals surface area contributed by atoms with Gasteiger partial charge >= 0.3 is 0 Å². The van der Waals surface area contributed by atoms with Gasteiger partial charge < -0.3 is 5.11 Å². The molecule has 0 aliphatic heterocycles. The SMILES string of the molecule is CC(O)Cc1cccc(Cl)c1-c1ccc(-c2ccccc2)cc1. The Morgan fingerprint density at radius 3 is 2.04 bits per heavy atom. The van der Waals surface area contributed by atoms with E-state index < -0.39 is 6.10 Å². The summed E-state index contributed by atoms with van der Waals surface area (Å²) in [6, 6.07) is 24.6. The number of hydrogen-bond acceptors (Lipinski definition) is 1. The molecule has 0 saturated heterocycles. The Morgan fingerprint density at radius 1 is 0.783 bits per heavy atom. The lowest BCUT2D eigenvalue weighted by molar-refractivity contribution is 0.195. The maximum atomic E-state index is 9.72. The topological polar surface area (TPSA) is 20.2 Å². The van der Waals surface area contributed by atoms with Crippen molar-refractivity contribution in [3.8, 4) is 22.3 Å². The van der Waals surface area contributed by atoms with Crippen molar-refractivity contribution in [1.82, 2.24) is 0 Å². The number of halogens is 1. The molecule has 0 spiro atoms. The zero-order chi connectivity index (χ0) is 16.2. The van der Waals surface area contributed by atoms with Crippen LogP contribution in [0.1, 0.15) is 12.5 Å². The minimum atomic E-state index is -0.393. The number of aliphatic hydroxyl groups excluding tert-OH is 1. The first-order chi connectivity index (χ1) is 11.1.